The molecule has 12 heteroatoms. The summed E-state index contributed by atoms with van der Waals surface area (Å²) in [5.74, 6) is -1.88. The van der Waals surface area contributed by atoms with Gasteiger partial charge in [0.05, 0.1) is 23.6 Å². The minimum atomic E-state index is -0.931. The van der Waals surface area contributed by atoms with Crippen molar-refractivity contribution in [3.63, 3.8) is 0 Å². The van der Waals surface area contributed by atoms with Crippen molar-refractivity contribution < 1.29 is 24.0 Å². The first-order valence-corrected chi connectivity index (χ1v) is 10.5. The van der Waals surface area contributed by atoms with Crippen LogP contribution in [0, 0.1) is 16.0 Å². The van der Waals surface area contributed by atoms with Gasteiger partial charge in [-0.1, -0.05) is 25.4 Å². The summed E-state index contributed by atoms with van der Waals surface area (Å²) in [4.78, 5) is 51.3. The van der Waals surface area contributed by atoms with E-state index < -0.39 is 34.4 Å². The van der Waals surface area contributed by atoms with Crippen LogP contribution in [-0.4, -0.2) is 40.3 Å². The average molecular weight is 469 g/mol. The van der Waals surface area contributed by atoms with Gasteiger partial charge < -0.3 is 15.4 Å². The number of esters is 1. The molecule has 1 unspecified atom stereocenters. The quantitative estimate of drug-likeness (QED) is 0.327. The number of nitro groups is 1. The van der Waals surface area contributed by atoms with E-state index in [9.17, 15) is 24.5 Å². The molecule has 1 atom stereocenters. The van der Waals surface area contributed by atoms with Gasteiger partial charge in [0.2, 0.25) is 5.91 Å². The number of anilines is 1. The average Bonchev–Trinajstić information content (AvgIpc) is 3.12. The minimum absolute atomic E-state index is 0.000483. The van der Waals surface area contributed by atoms with Gasteiger partial charge in [0, 0.05) is 17.0 Å². The van der Waals surface area contributed by atoms with E-state index in [1.54, 1.807) is 26.2 Å². The first-order chi connectivity index (χ1) is 14.6. The van der Waals surface area contributed by atoms with Gasteiger partial charge in [0.15, 0.2) is 5.13 Å². The zero-order chi connectivity index (χ0) is 23.1. The number of nitrogens with zero attached hydrogens (tertiary/aromatic N) is 2. The van der Waals surface area contributed by atoms with E-state index in [-0.39, 0.29) is 34.7 Å². The van der Waals surface area contributed by atoms with Crippen molar-refractivity contribution in [1.82, 2.24) is 10.3 Å². The number of thiazole rings is 1. The van der Waals surface area contributed by atoms with Gasteiger partial charge in [-0.2, -0.15) is 0 Å². The SMILES string of the molecule is CCOC(=O)Cc1csc(NC(=O)C(NC(=O)c2ccc(Cl)c([N+](=O)[O-])c2)C(C)C)n1. The Balaban J connectivity index is 2.08. The first-order valence-electron chi connectivity index (χ1n) is 9.28. The molecule has 1 aromatic carbocycles. The van der Waals surface area contributed by atoms with Gasteiger partial charge in [0.1, 0.15) is 11.1 Å². The molecule has 31 heavy (non-hydrogen) atoms. The zero-order valence-corrected chi connectivity index (χ0v) is 18.6. The molecule has 0 aliphatic rings. The Morgan fingerprint density at radius 3 is 2.65 bits per heavy atom. The molecule has 0 saturated carbocycles. The topological polar surface area (TPSA) is 141 Å². The van der Waals surface area contributed by atoms with Crippen LogP contribution in [0.4, 0.5) is 10.8 Å². The molecule has 10 nitrogen and oxygen atoms in total. The molecule has 2 N–H and O–H groups in total. The second kappa shape index (κ2) is 10.8. The van der Waals surface area contributed by atoms with Crippen LogP contribution >= 0.6 is 22.9 Å². The highest BCUT2D eigenvalue weighted by molar-refractivity contribution is 7.13. The number of hydrogen-bond donors (Lipinski definition) is 2. The van der Waals surface area contributed by atoms with E-state index in [4.69, 9.17) is 16.3 Å². The third-order valence-corrected chi connectivity index (χ3v) is 5.18. The fourth-order valence-corrected chi connectivity index (χ4v) is 3.44. The van der Waals surface area contributed by atoms with E-state index in [1.165, 1.54) is 12.1 Å². The molecular formula is C19H21ClN4O6S. The molecule has 0 radical (unpaired) electrons. The van der Waals surface area contributed by atoms with E-state index in [0.717, 1.165) is 17.4 Å². The van der Waals surface area contributed by atoms with Crippen LogP contribution in [0.15, 0.2) is 23.6 Å². The van der Waals surface area contributed by atoms with Crippen molar-refractivity contribution in [2.75, 3.05) is 11.9 Å². The fourth-order valence-electron chi connectivity index (χ4n) is 2.54. The smallest absolute Gasteiger partial charge is 0.311 e. The number of amides is 2. The Bertz CT molecular complexity index is 994. The van der Waals surface area contributed by atoms with Crippen LogP contribution < -0.4 is 10.6 Å². The molecule has 1 aromatic heterocycles. The van der Waals surface area contributed by atoms with Crippen molar-refractivity contribution in [2.24, 2.45) is 5.92 Å². The van der Waals surface area contributed by atoms with Crippen molar-refractivity contribution >= 4 is 51.5 Å². The minimum Gasteiger partial charge on any atom is -0.466 e. The van der Waals surface area contributed by atoms with Gasteiger partial charge >= 0.3 is 5.97 Å². The van der Waals surface area contributed by atoms with Gasteiger partial charge in [-0.3, -0.25) is 24.5 Å². The number of carbonyl (C=O) groups is 3. The fraction of sp³-hybridized carbons (Fsp3) is 0.368. The Morgan fingerprint density at radius 1 is 1.32 bits per heavy atom. The molecular weight excluding hydrogens is 448 g/mol. The molecule has 2 aromatic rings. The van der Waals surface area contributed by atoms with Gasteiger partial charge in [0.25, 0.3) is 11.6 Å². The summed E-state index contributed by atoms with van der Waals surface area (Å²) in [7, 11) is 0. The Morgan fingerprint density at radius 2 is 2.03 bits per heavy atom. The first kappa shape index (κ1) is 24.2. The Labute approximate surface area is 187 Å². The number of nitro benzene ring substituents is 1. The highest BCUT2D eigenvalue weighted by Gasteiger charge is 2.26. The lowest BCUT2D eigenvalue weighted by Gasteiger charge is -2.21. The lowest BCUT2D eigenvalue weighted by atomic mass is 10.0. The normalized spacial score (nSPS) is 11.6. The summed E-state index contributed by atoms with van der Waals surface area (Å²) in [6.45, 7) is 5.44. The molecule has 2 amide bonds. The van der Waals surface area contributed by atoms with E-state index in [0.29, 0.717) is 5.69 Å². The van der Waals surface area contributed by atoms with Crippen molar-refractivity contribution in [1.29, 1.82) is 0 Å². The number of halogens is 1. The number of hydrogen-bond acceptors (Lipinski definition) is 8. The molecule has 0 fully saturated rings. The standard InChI is InChI=1S/C19H21ClN4O6S/c1-4-30-15(25)8-12-9-31-19(21-12)23-18(27)16(10(2)3)22-17(26)11-5-6-13(20)14(7-11)24(28)29/h5-7,9-10,16H,4,8H2,1-3H3,(H,22,26)(H,21,23,27). The number of benzene rings is 1. The van der Waals surface area contributed by atoms with Crippen LogP contribution in [0.3, 0.4) is 0 Å². The number of nitrogens with one attached hydrogen (secondary N) is 2. The summed E-state index contributed by atoms with van der Waals surface area (Å²) in [5.41, 5.74) is 0.0506. The van der Waals surface area contributed by atoms with Crippen LogP contribution in [-0.2, 0) is 20.7 Å². The summed E-state index contributed by atoms with van der Waals surface area (Å²) >= 11 is 6.91. The maximum Gasteiger partial charge on any atom is 0.311 e. The maximum absolute atomic E-state index is 12.7. The summed E-state index contributed by atoms with van der Waals surface area (Å²) < 4.78 is 4.86. The molecule has 1 heterocycles. The second-order valence-corrected chi connectivity index (χ2v) is 8.00. The Hall–Kier alpha value is -3.05. The van der Waals surface area contributed by atoms with Crippen molar-refractivity contribution in [2.45, 2.75) is 33.2 Å². The van der Waals surface area contributed by atoms with Crippen LogP contribution in [0.2, 0.25) is 5.02 Å². The number of aromatic nitrogens is 1. The lowest BCUT2D eigenvalue weighted by Crippen LogP contribution is -2.47. The lowest BCUT2D eigenvalue weighted by molar-refractivity contribution is -0.384. The van der Waals surface area contributed by atoms with Crippen molar-refractivity contribution in [3.8, 4) is 0 Å². The highest BCUT2D eigenvalue weighted by atomic mass is 35.5. The molecule has 0 bridgehead atoms. The van der Waals surface area contributed by atoms with Crippen LogP contribution in [0.25, 0.3) is 0 Å². The molecule has 0 spiro atoms. The van der Waals surface area contributed by atoms with Gasteiger partial charge in [-0.05, 0) is 25.0 Å². The predicted octanol–water partition coefficient (Wildman–Crippen LogP) is 3.20. The number of carbonyl (C=O) groups excluding carboxylic acids is 3. The van der Waals surface area contributed by atoms with Crippen LogP contribution in [0.1, 0.15) is 36.8 Å². The molecule has 0 aliphatic heterocycles. The summed E-state index contributed by atoms with van der Waals surface area (Å²) in [5, 5.41) is 18.0. The predicted molar refractivity (Wildman–Crippen MR) is 115 cm³/mol. The second-order valence-electron chi connectivity index (χ2n) is 6.73. The van der Waals surface area contributed by atoms with E-state index >= 15 is 0 Å². The maximum atomic E-state index is 12.7. The zero-order valence-electron chi connectivity index (χ0n) is 17.0. The Kier molecular flexibility index (Phi) is 8.46. The largest absolute Gasteiger partial charge is 0.466 e. The molecule has 0 aliphatic carbocycles. The highest BCUT2D eigenvalue weighted by Crippen LogP contribution is 2.25. The third-order valence-electron chi connectivity index (χ3n) is 4.05. The third kappa shape index (κ3) is 6.72. The van der Waals surface area contributed by atoms with Gasteiger partial charge in [-0.15, -0.1) is 11.3 Å². The van der Waals surface area contributed by atoms with Crippen LogP contribution in [0.5, 0.6) is 0 Å². The molecule has 2 rings (SSSR count). The molecule has 166 valence electrons. The summed E-state index contributed by atoms with van der Waals surface area (Å²) in [6, 6.07) is 2.71. The number of rotatable bonds is 9. The van der Waals surface area contributed by atoms with E-state index in [2.05, 4.69) is 15.6 Å². The monoisotopic (exact) mass is 468 g/mol. The van der Waals surface area contributed by atoms with Gasteiger partial charge in [-0.25, -0.2) is 4.98 Å². The summed E-state index contributed by atoms with van der Waals surface area (Å²) in [6.07, 6.45) is -0.0140. The van der Waals surface area contributed by atoms with E-state index in [1.807, 2.05) is 0 Å². The molecule has 0 saturated heterocycles. The van der Waals surface area contributed by atoms with Crippen molar-refractivity contribution in [3.05, 3.63) is 50.0 Å². The number of ether oxygens (including phenoxy) is 1.